The van der Waals surface area contributed by atoms with Gasteiger partial charge in [0, 0.05) is 13.0 Å². The Balaban J connectivity index is 2.03. The summed E-state index contributed by atoms with van der Waals surface area (Å²) in [7, 11) is 0. The molecule has 0 aliphatic carbocycles. The molecule has 27 heavy (non-hydrogen) atoms. The topological polar surface area (TPSA) is 46.9 Å². The van der Waals surface area contributed by atoms with Gasteiger partial charge in [-0.2, -0.15) is 0 Å². The van der Waals surface area contributed by atoms with Crippen molar-refractivity contribution in [2.45, 2.75) is 60.5 Å². The number of para-hydroxylation sites is 2. The van der Waals surface area contributed by atoms with Crippen molar-refractivity contribution < 1.29 is 4.79 Å². The predicted molar refractivity (Wildman–Crippen MR) is 111 cm³/mol. The molecule has 142 valence electrons. The highest BCUT2D eigenvalue weighted by Gasteiger charge is 2.15. The van der Waals surface area contributed by atoms with Gasteiger partial charge in [-0.3, -0.25) is 4.79 Å². The second-order valence-corrected chi connectivity index (χ2v) is 7.37. The Kier molecular flexibility index (Phi) is 5.64. The monoisotopic (exact) mass is 363 g/mol. The molecule has 4 heteroatoms. The van der Waals surface area contributed by atoms with Crippen molar-refractivity contribution in [1.82, 2.24) is 14.9 Å². The average molecular weight is 364 g/mol. The van der Waals surface area contributed by atoms with Gasteiger partial charge >= 0.3 is 0 Å². The van der Waals surface area contributed by atoms with Crippen LogP contribution in [0.3, 0.4) is 0 Å². The van der Waals surface area contributed by atoms with E-state index in [0.717, 1.165) is 29.8 Å². The SMILES string of the molecule is CCCC(=O)NCc1nc2ccccc2n1Cc1c(C)c(C)cc(C)c1C. The van der Waals surface area contributed by atoms with Gasteiger partial charge in [0.15, 0.2) is 0 Å². The van der Waals surface area contributed by atoms with Gasteiger partial charge in [-0.15, -0.1) is 0 Å². The van der Waals surface area contributed by atoms with Gasteiger partial charge in [0.05, 0.1) is 17.6 Å². The molecule has 0 unspecified atom stereocenters. The highest BCUT2D eigenvalue weighted by Crippen LogP contribution is 2.25. The summed E-state index contributed by atoms with van der Waals surface area (Å²) in [6.07, 6.45) is 1.40. The lowest BCUT2D eigenvalue weighted by molar-refractivity contribution is -0.121. The number of carbonyl (C=O) groups is 1. The van der Waals surface area contributed by atoms with Crippen LogP contribution >= 0.6 is 0 Å². The lowest BCUT2D eigenvalue weighted by Crippen LogP contribution is -2.24. The van der Waals surface area contributed by atoms with Gasteiger partial charge in [0.1, 0.15) is 5.82 Å². The molecule has 3 rings (SSSR count). The van der Waals surface area contributed by atoms with Crippen LogP contribution in [-0.4, -0.2) is 15.5 Å². The van der Waals surface area contributed by atoms with E-state index < -0.39 is 0 Å². The summed E-state index contributed by atoms with van der Waals surface area (Å²) in [5.41, 5.74) is 8.71. The largest absolute Gasteiger partial charge is 0.349 e. The van der Waals surface area contributed by atoms with E-state index in [-0.39, 0.29) is 5.91 Å². The van der Waals surface area contributed by atoms with E-state index in [4.69, 9.17) is 4.98 Å². The van der Waals surface area contributed by atoms with Crippen molar-refractivity contribution in [1.29, 1.82) is 0 Å². The molecule has 3 aromatic rings. The second kappa shape index (κ2) is 7.95. The van der Waals surface area contributed by atoms with Gasteiger partial charge in [-0.05, 0) is 74.1 Å². The fraction of sp³-hybridized carbons (Fsp3) is 0.391. The zero-order valence-electron chi connectivity index (χ0n) is 17.0. The minimum atomic E-state index is 0.0786. The molecule has 1 heterocycles. The molecule has 0 saturated heterocycles. The third-order valence-electron chi connectivity index (χ3n) is 5.49. The van der Waals surface area contributed by atoms with E-state index in [9.17, 15) is 4.79 Å². The number of rotatable bonds is 6. The first kappa shape index (κ1) is 19.2. The maximum Gasteiger partial charge on any atom is 0.220 e. The number of nitrogens with one attached hydrogen (secondary N) is 1. The summed E-state index contributed by atoms with van der Waals surface area (Å²) in [6.45, 7) is 12.0. The fourth-order valence-corrected chi connectivity index (χ4v) is 3.62. The zero-order valence-corrected chi connectivity index (χ0v) is 17.0. The van der Waals surface area contributed by atoms with Crippen molar-refractivity contribution in [2.75, 3.05) is 0 Å². The van der Waals surface area contributed by atoms with Crippen molar-refractivity contribution in [3.63, 3.8) is 0 Å². The van der Waals surface area contributed by atoms with Crippen LogP contribution in [0.1, 0.15) is 53.4 Å². The van der Waals surface area contributed by atoms with Crippen LogP contribution in [0.25, 0.3) is 11.0 Å². The Bertz CT molecular complexity index is 959. The van der Waals surface area contributed by atoms with Crippen LogP contribution in [0, 0.1) is 27.7 Å². The minimum Gasteiger partial charge on any atom is -0.349 e. The quantitative estimate of drug-likeness (QED) is 0.688. The van der Waals surface area contributed by atoms with Crippen LogP contribution < -0.4 is 5.32 Å². The first-order valence-electron chi connectivity index (χ1n) is 9.69. The van der Waals surface area contributed by atoms with Gasteiger partial charge in [0.25, 0.3) is 0 Å². The van der Waals surface area contributed by atoms with E-state index in [1.54, 1.807) is 0 Å². The summed E-state index contributed by atoms with van der Waals surface area (Å²) in [4.78, 5) is 16.7. The van der Waals surface area contributed by atoms with Crippen molar-refractivity contribution in [2.24, 2.45) is 0 Å². The summed E-state index contributed by atoms with van der Waals surface area (Å²) >= 11 is 0. The summed E-state index contributed by atoms with van der Waals surface area (Å²) in [5, 5.41) is 3.02. The van der Waals surface area contributed by atoms with Crippen molar-refractivity contribution in [3.8, 4) is 0 Å². The molecule has 1 aromatic heterocycles. The molecule has 0 aliphatic heterocycles. The second-order valence-electron chi connectivity index (χ2n) is 7.37. The summed E-state index contributed by atoms with van der Waals surface area (Å²) in [6, 6.07) is 10.4. The molecule has 0 spiro atoms. The zero-order chi connectivity index (χ0) is 19.6. The normalized spacial score (nSPS) is 11.1. The molecule has 4 nitrogen and oxygen atoms in total. The number of benzene rings is 2. The molecule has 0 saturated carbocycles. The lowest BCUT2D eigenvalue weighted by atomic mass is 9.94. The molecule has 1 N–H and O–H groups in total. The van der Waals surface area contributed by atoms with Crippen LogP contribution in [0.5, 0.6) is 0 Å². The molecular weight excluding hydrogens is 334 g/mol. The Morgan fingerprint density at radius 1 is 1.07 bits per heavy atom. The Morgan fingerprint density at radius 3 is 2.41 bits per heavy atom. The van der Waals surface area contributed by atoms with Crippen LogP contribution in [0.15, 0.2) is 30.3 Å². The number of amides is 1. The van der Waals surface area contributed by atoms with Crippen molar-refractivity contribution in [3.05, 3.63) is 64.0 Å². The van der Waals surface area contributed by atoms with Gasteiger partial charge < -0.3 is 9.88 Å². The Labute approximate surface area is 161 Å². The number of nitrogens with zero attached hydrogens (tertiary/aromatic N) is 2. The van der Waals surface area contributed by atoms with E-state index in [1.165, 1.54) is 27.8 Å². The standard InChI is InChI=1S/C23H29N3O/c1-6-9-23(27)24-13-22-25-20-10-7-8-11-21(20)26(22)14-19-17(4)15(2)12-16(3)18(19)5/h7-8,10-12H,6,9,13-14H2,1-5H3,(H,24,27). The maximum atomic E-state index is 12.0. The summed E-state index contributed by atoms with van der Waals surface area (Å²) in [5.74, 6) is 0.980. The van der Waals surface area contributed by atoms with Gasteiger partial charge in [0.2, 0.25) is 5.91 Å². The molecule has 2 aromatic carbocycles. The molecule has 0 fully saturated rings. The number of carbonyl (C=O) groups excluding carboxylic acids is 1. The predicted octanol–water partition coefficient (Wildman–Crippen LogP) is 4.73. The van der Waals surface area contributed by atoms with E-state index in [2.05, 4.69) is 49.7 Å². The van der Waals surface area contributed by atoms with E-state index in [1.807, 2.05) is 25.1 Å². The average Bonchev–Trinajstić information content (AvgIpc) is 2.99. The molecule has 0 atom stereocenters. The van der Waals surface area contributed by atoms with Crippen LogP contribution in [0.2, 0.25) is 0 Å². The molecular formula is C23H29N3O. The van der Waals surface area contributed by atoms with Crippen molar-refractivity contribution >= 4 is 16.9 Å². The van der Waals surface area contributed by atoms with Gasteiger partial charge in [-0.25, -0.2) is 4.98 Å². The number of hydrogen-bond donors (Lipinski definition) is 1. The lowest BCUT2D eigenvalue weighted by Gasteiger charge is -2.18. The minimum absolute atomic E-state index is 0.0786. The van der Waals surface area contributed by atoms with E-state index in [0.29, 0.717) is 13.0 Å². The third kappa shape index (κ3) is 3.90. The smallest absolute Gasteiger partial charge is 0.220 e. The fourth-order valence-electron chi connectivity index (χ4n) is 3.62. The summed E-state index contributed by atoms with van der Waals surface area (Å²) < 4.78 is 2.25. The van der Waals surface area contributed by atoms with Crippen LogP contribution in [-0.2, 0) is 17.9 Å². The molecule has 0 bridgehead atoms. The Morgan fingerprint density at radius 2 is 1.74 bits per heavy atom. The molecule has 1 amide bonds. The number of fused-ring (bicyclic) bond motifs is 1. The van der Waals surface area contributed by atoms with Gasteiger partial charge in [-0.1, -0.05) is 25.1 Å². The number of aryl methyl sites for hydroxylation is 2. The highest BCUT2D eigenvalue weighted by molar-refractivity contribution is 5.77. The Hall–Kier alpha value is -2.62. The molecule has 0 radical (unpaired) electrons. The van der Waals surface area contributed by atoms with E-state index >= 15 is 0 Å². The number of imidazole rings is 1. The number of aromatic nitrogens is 2. The highest BCUT2D eigenvalue weighted by atomic mass is 16.1. The first-order chi connectivity index (χ1) is 12.9. The third-order valence-corrected chi connectivity index (χ3v) is 5.49. The number of hydrogen-bond acceptors (Lipinski definition) is 2. The first-order valence-corrected chi connectivity index (χ1v) is 9.69. The molecule has 0 aliphatic rings. The maximum absolute atomic E-state index is 12.0. The van der Waals surface area contributed by atoms with Crippen LogP contribution in [0.4, 0.5) is 0 Å².